The van der Waals surface area contributed by atoms with Crippen LogP contribution in [0.5, 0.6) is 5.75 Å². The van der Waals surface area contributed by atoms with Gasteiger partial charge in [0.15, 0.2) is 5.76 Å². The number of oxime groups is 1. The number of hydrogen-bond acceptors (Lipinski definition) is 7. The number of methoxy groups -OCH3 is 1. The molecule has 188 valence electrons. The van der Waals surface area contributed by atoms with Gasteiger partial charge in [0.1, 0.15) is 29.3 Å². The molecule has 5 rings (SSSR count). The summed E-state index contributed by atoms with van der Waals surface area (Å²) in [5.41, 5.74) is 1.81. The van der Waals surface area contributed by atoms with E-state index >= 15 is 0 Å². The van der Waals surface area contributed by atoms with Gasteiger partial charge in [0, 0.05) is 6.20 Å². The van der Waals surface area contributed by atoms with E-state index in [1.807, 2.05) is 60.7 Å². The van der Waals surface area contributed by atoms with Crippen molar-refractivity contribution in [3.05, 3.63) is 83.4 Å². The Balaban J connectivity index is 1.56. The molecule has 1 aromatic heterocycles. The molecular formula is C27H29FN4O4. The normalized spacial score (nSPS) is 21.9. The van der Waals surface area contributed by atoms with Crippen LogP contribution in [0.15, 0.2) is 65.9 Å². The first-order chi connectivity index (χ1) is 17.2. The molecule has 0 spiro atoms. The lowest BCUT2D eigenvalue weighted by Gasteiger charge is -2.52. The van der Waals surface area contributed by atoms with Crippen LogP contribution in [0.25, 0.3) is 11.8 Å². The number of aryl methyl sites for hydroxylation is 1. The van der Waals surface area contributed by atoms with Crippen molar-refractivity contribution in [1.29, 1.82) is 0 Å². The van der Waals surface area contributed by atoms with E-state index in [2.05, 4.69) is 10.1 Å². The van der Waals surface area contributed by atoms with Crippen LogP contribution in [0, 0.1) is 12.7 Å². The Morgan fingerprint density at radius 1 is 1.19 bits per heavy atom. The molecule has 3 heterocycles. The zero-order valence-electron chi connectivity index (χ0n) is 20.7. The maximum atomic E-state index is 13.7. The zero-order valence-corrected chi connectivity index (χ0v) is 20.7. The molecule has 1 N–H and O–H groups in total. The van der Waals surface area contributed by atoms with Crippen LogP contribution >= 0.6 is 0 Å². The van der Waals surface area contributed by atoms with Crippen molar-refractivity contribution in [2.75, 3.05) is 26.9 Å². The summed E-state index contributed by atoms with van der Waals surface area (Å²) in [6.07, 6.45) is 5.55. The monoisotopic (exact) mass is 492 g/mol. The molecule has 9 heteroatoms. The third kappa shape index (κ3) is 4.19. The first-order valence-electron chi connectivity index (χ1n) is 11.7. The predicted molar refractivity (Wildman–Crippen MR) is 133 cm³/mol. The second-order valence-electron chi connectivity index (χ2n) is 9.70. The molecule has 3 aromatic rings. The predicted octanol–water partition coefficient (Wildman–Crippen LogP) is 4.01. The number of amidine groups is 1. The lowest BCUT2D eigenvalue weighted by molar-refractivity contribution is -0.0883. The van der Waals surface area contributed by atoms with E-state index in [-0.39, 0.29) is 19.0 Å². The van der Waals surface area contributed by atoms with Crippen molar-refractivity contribution in [2.45, 2.75) is 31.9 Å². The van der Waals surface area contributed by atoms with E-state index in [0.717, 1.165) is 22.5 Å². The lowest BCUT2D eigenvalue weighted by atomic mass is 9.86. The Kier molecular flexibility index (Phi) is 5.96. The number of nitrogens with zero attached hydrogens (tertiary/aromatic N) is 4. The number of hydrogen-bond donors (Lipinski definition) is 1. The molecule has 2 aliphatic rings. The highest BCUT2D eigenvalue weighted by molar-refractivity contribution is 6.01. The summed E-state index contributed by atoms with van der Waals surface area (Å²) in [6, 6.07) is 11.9. The molecule has 0 radical (unpaired) electrons. The minimum Gasteiger partial charge on any atom is -0.495 e. The van der Waals surface area contributed by atoms with Gasteiger partial charge in [-0.15, -0.1) is 0 Å². The van der Waals surface area contributed by atoms with E-state index in [9.17, 15) is 9.50 Å². The van der Waals surface area contributed by atoms with E-state index in [0.29, 0.717) is 23.9 Å². The standard InChI is InChI=1S/C27H29FN4O4/c1-18-13-31(17-29-18)22-10-5-19(11-23(22)34-4)12-24-25-30-35-16-27(15-33,20-6-8-21(28)9-7-20)32(25)14-26(2,3)36-24/h5-13,17,33H,14-16H2,1-4H3/b24-12+. The summed E-state index contributed by atoms with van der Waals surface area (Å²) in [6.45, 7) is 6.21. The van der Waals surface area contributed by atoms with Gasteiger partial charge in [-0.2, -0.15) is 0 Å². The maximum absolute atomic E-state index is 13.7. The van der Waals surface area contributed by atoms with Crippen molar-refractivity contribution >= 4 is 11.9 Å². The number of fused-ring (bicyclic) bond motifs is 1. The number of aromatic nitrogens is 2. The molecular weight excluding hydrogens is 463 g/mol. The molecule has 0 amide bonds. The third-order valence-electron chi connectivity index (χ3n) is 6.51. The van der Waals surface area contributed by atoms with Gasteiger partial charge in [0.25, 0.3) is 0 Å². The van der Waals surface area contributed by atoms with Gasteiger partial charge in [-0.05, 0) is 62.2 Å². The molecule has 1 saturated heterocycles. The SMILES string of the molecule is COc1cc(/C=C2/OC(C)(C)CN3C2=NOCC3(CO)c2ccc(F)cc2)ccc1-n1cnc(C)c1. The summed E-state index contributed by atoms with van der Waals surface area (Å²) in [5.74, 6) is 1.29. The Hall–Kier alpha value is -3.85. The highest BCUT2D eigenvalue weighted by Gasteiger charge is 2.50. The maximum Gasteiger partial charge on any atom is 0.211 e. The molecule has 1 fully saturated rings. The van der Waals surface area contributed by atoms with Gasteiger partial charge in [0.2, 0.25) is 5.84 Å². The average Bonchev–Trinajstić information content (AvgIpc) is 3.29. The van der Waals surface area contributed by atoms with E-state index < -0.39 is 11.1 Å². The summed E-state index contributed by atoms with van der Waals surface area (Å²) >= 11 is 0. The molecule has 2 aromatic carbocycles. The van der Waals surface area contributed by atoms with Crippen LogP contribution in [0.1, 0.15) is 30.7 Å². The van der Waals surface area contributed by atoms with Crippen LogP contribution < -0.4 is 4.74 Å². The number of halogens is 1. The van der Waals surface area contributed by atoms with Gasteiger partial charge >= 0.3 is 0 Å². The highest BCUT2D eigenvalue weighted by Crippen LogP contribution is 2.40. The molecule has 1 atom stereocenters. The number of ether oxygens (including phenoxy) is 2. The molecule has 2 aliphatic heterocycles. The second kappa shape index (κ2) is 8.98. The molecule has 0 aliphatic carbocycles. The van der Waals surface area contributed by atoms with Gasteiger partial charge in [-0.25, -0.2) is 9.37 Å². The Bertz CT molecular complexity index is 1330. The number of aliphatic hydroxyl groups excluding tert-OH is 1. The van der Waals surface area contributed by atoms with Crippen molar-refractivity contribution < 1.29 is 23.8 Å². The number of rotatable bonds is 5. The van der Waals surface area contributed by atoms with E-state index in [1.165, 1.54) is 12.1 Å². The van der Waals surface area contributed by atoms with Crippen LogP contribution in [0.2, 0.25) is 0 Å². The lowest BCUT2D eigenvalue weighted by Crippen LogP contribution is -2.63. The van der Waals surface area contributed by atoms with E-state index in [1.54, 1.807) is 25.6 Å². The van der Waals surface area contributed by atoms with Gasteiger partial charge in [0.05, 0.1) is 38.0 Å². The number of aliphatic hydroxyl groups is 1. The summed E-state index contributed by atoms with van der Waals surface area (Å²) in [7, 11) is 1.62. The number of morpholine rings is 1. The van der Waals surface area contributed by atoms with Crippen LogP contribution in [-0.2, 0) is 15.1 Å². The average molecular weight is 493 g/mol. The Morgan fingerprint density at radius 3 is 2.64 bits per heavy atom. The van der Waals surface area contributed by atoms with Gasteiger partial charge in [-0.1, -0.05) is 23.4 Å². The van der Waals surface area contributed by atoms with Crippen LogP contribution in [0.3, 0.4) is 0 Å². The quantitative estimate of drug-likeness (QED) is 0.580. The first kappa shape index (κ1) is 23.9. The minimum absolute atomic E-state index is 0.120. The summed E-state index contributed by atoms with van der Waals surface area (Å²) < 4.78 is 27.6. The van der Waals surface area contributed by atoms with Crippen molar-refractivity contribution in [3.8, 4) is 11.4 Å². The van der Waals surface area contributed by atoms with Crippen molar-refractivity contribution in [3.63, 3.8) is 0 Å². The van der Waals surface area contributed by atoms with Crippen LogP contribution in [-0.4, -0.2) is 57.9 Å². The first-order valence-corrected chi connectivity index (χ1v) is 11.7. The molecule has 0 saturated carbocycles. The Labute approximate surface area is 209 Å². The van der Waals surface area contributed by atoms with Crippen molar-refractivity contribution in [2.24, 2.45) is 5.16 Å². The number of benzene rings is 2. The smallest absolute Gasteiger partial charge is 0.211 e. The fourth-order valence-electron chi connectivity index (χ4n) is 4.71. The van der Waals surface area contributed by atoms with Crippen LogP contribution in [0.4, 0.5) is 4.39 Å². The molecule has 36 heavy (non-hydrogen) atoms. The number of imidazole rings is 1. The molecule has 0 bridgehead atoms. The highest BCUT2D eigenvalue weighted by atomic mass is 19.1. The topological polar surface area (TPSA) is 81.3 Å². The second-order valence-corrected chi connectivity index (χ2v) is 9.70. The molecule has 8 nitrogen and oxygen atoms in total. The van der Waals surface area contributed by atoms with Gasteiger partial charge < -0.3 is 28.9 Å². The van der Waals surface area contributed by atoms with E-state index in [4.69, 9.17) is 14.3 Å². The molecule has 1 unspecified atom stereocenters. The third-order valence-corrected chi connectivity index (χ3v) is 6.51. The largest absolute Gasteiger partial charge is 0.495 e. The summed E-state index contributed by atoms with van der Waals surface area (Å²) in [4.78, 5) is 11.9. The van der Waals surface area contributed by atoms with Gasteiger partial charge in [-0.3, -0.25) is 0 Å². The summed E-state index contributed by atoms with van der Waals surface area (Å²) in [5, 5.41) is 14.9. The fourth-order valence-corrected chi connectivity index (χ4v) is 4.71. The zero-order chi connectivity index (χ0) is 25.5. The fraction of sp³-hybridized carbons (Fsp3) is 0.333. The Morgan fingerprint density at radius 2 is 1.97 bits per heavy atom. The minimum atomic E-state index is -0.939. The van der Waals surface area contributed by atoms with Crippen molar-refractivity contribution in [1.82, 2.24) is 14.5 Å².